The molecule has 0 aliphatic rings. The third kappa shape index (κ3) is 2.57. The SMILES string of the molecule is CN(C)c1cccc(NCc2ccc[nH]2)c1. The molecule has 0 unspecified atom stereocenters. The predicted octanol–water partition coefficient (Wildman–Crippen LogP) is 2.69. The van der Waals surface area contributed by atoms with Crippen molar-refractivity contribution >= 4 is 11.4 Å². The molecule has 0 saturated heterocycles. The van der Waals surface area contributed by atoms with Crippen molar-refractivity contribution in [1.82, 2.24) is 4.98 Å². The van der Waals surface area contributed by atoms with Gasteiger partial charge in [-0.05, 0) is 30.3 Å². The average molecular weight is 215 g/mol. The lowest BCUT2D eigenvalue weighted by Gasteiger charge is -2.14. The van der Waals surface area contributed by atoms with Crippen molar-refractivity contribution in [3.8, 4) is 0 Å². The Morgan fingerprint density at radius 3 is 2.75 bits per heavy atom. The van der Waals surface area contributed by atoms with E-state index in [0.717, 1.165) is 12.2 Å². The Balaban J connectivity index is 2.01. The van der Waals surface area contributed by atoms with Gasteiger partial charge in [0.15, 0.2) is 0 Å². The predicted molar refractivity (Wildman–Crippen MR) is 68.9 cm³/mol. The second-order valence-corrected chi connectivity index (χ2v) is 3.99. The van der Waals surface area contributed by atoms with Gasteiger partial charge in [0.1, 0.15) is 0 Å². The zero-order valence-corrected chi connectivity index (χ0v) is 9.70. The van der Waals surface area contributed by atoms with E-state index in [1.54, 1.807) is 0 Å². The van der Waals surface area contributed by atoms with Crippen LogP contribution in [0.15, 0.2) is 42.6 Å². The van der Waals surface area contributed by atoms with Crippen LogP contribution in [0.4, 0.5) is 11.4 Å². The Kier molecular flexibility index (Phi) is 3.15. The fourth-order valence-electron chi connectivity index (χ4n) is 1.57. The van der Waals surface area contributed by atoms with Gasteiger partial charge in [-0.1, -0.05) is 6.07 Å². The zero-order chi connectivity index (χ0) is 11.4. The second kappa shape index (κ2) is 4.75. The molecule has 3 nitrogen and oxygen atoms in total. The number of hydrogen-bond acceptors (Lipinski definition) is 2. The summed E-state index contributed by atoms with van der Waals surface area (Å²) < 4.78 is 0. The van der Waals surface area contributed by atoms with Gasteiger partial charge in [-0.15, -0.1) is 0 Å². The number of nitrogens with one attached hydrogen (secondary N) is 2. The highest BCUT2D eigenvalue weighted by Crippen LogP contribution is 2.17. The molecule has 0 aliphatic carbocycles. The van der Waals surface area contributed by atoms with Gasteiger partial charge in [0.25, 0.3) is 0 Å². The summed E-state index contributed by atoms with van der Waals surface area (Å²) in [6, 6.07) is 12.5. The van der Waals surface area contributed by atoms with Gasteiger partial charge in [-0.2, -0.15) is 0 Å². The minimum Gasteiger partial charge on any atom is -0.379 e. The molecule has 0 bridgehead atoms. The van der Waals surface area contributed by atoms with E-state index in [9.17, 15) is 0 Å². The number of benzene rings is 1. The summed E-state index contributed by atoms with van der Waals surface area (Å²) >= 11 is 0. The maximum atomic E-state index is 3.38. The van der Waals surface area contributed by atoms with E-state index in [1.165, 1.54) is 11.4 Å². The van der Waals surface area contributed by atoms with Crippen LogP contribution in [0.3, 0.4) is 0 Å². The number of hydrogen-bond donors (Lipinski definition) is 2. The summed E-state index contributed by atoms with van der Waals surface area (Å²) in [6.45, 7) is 0.823. The minimum atomic E-state index is 0.823. The van der Waals surface area contributed by atoms with Crippen LogP contribution in [0.1, 0.15) is 5.69 Å². The van der Waals surface area contributed by atoms with E-state index in [-0.39, 0.29) is 0 Å². The molecule has 0 fully saturated rings. The van der Waals surface area contributed by atoms with Gasteiger partial charge in [-0.3, -0.25) is 0 Å². The number of anilines is 2. The number of rotatable bonds is 4. The van der Waals surface area contributed by atoms with Gasteiger partial charge in [0, 0.05) is 37.4 Å². The second-order valence-electron chi connectivity index (χ2n) is 3.99. The molecule has 0 amide bonds. The van der Waals surface area contributed by atoms with Gasteiger partial charge < -0.3 is 15.2 Å². The maximum absolute atomic E-state index is 3.38. The van der Waals surface area contributed by atoms with Crippen molar-refractivity contribution in [3.63, 3.8) is 0 Å². The van der Waals surface area contributed by atoms with E-state index in [2.05, 4.69) is 45.5 Å². The van der Waals surface area contributed by atoms with Crippen LogP contribution in [0, 0.1) is 0 Å². The van der Waals surface area contributed by atoms with Crippen molar-refractivity contribution in [1.29, 1.82) is 0 Å². The summed E-state index contributed by atoms with van der Waals surface area (Å²) in [5.74, 6) is 0. The van der Waals surface area contributed by atoms with Gasteiger partial charge in [0.05, 0.1) is 6.54 Å². The lowest BCUT2D eigenvalue weighted by atomic mass is 10.2. The first kappa shape index (κ1) is 10.6. The molecule has 2 rings (SSSR count). The van der Waals surface area contributed by atoms with Crippen LogP contribution in [0.25, 0.3) is 0 Å². The van der Waals surface area contributed by atoms with Gasteiger partial charge in [0.2, 0.25) is 0 Å². The molecule has 1 aromatic heterocycles. The average Bonchev–Trinajstić information content (AvgIpc) is 2.79. The fraction of sp³-hybridized carbons (Fsp3) is 0.231. The molecular formula is C13H17N3. The molecule has 3 heteroatoms. The Bertz CT molecular complexity index is 432. The highest BCUT2D eigenvalue weighted by Gasteiger charge is 1.97. The normalized spacial score (nSPS) is 10.1. The third-order valence-electron chi connectivity index (χ3n) is 2.51. The summed E-state index contributed by atoms with van der Waals surface area (Å²) in [5, 5.41) is 3.38. The molecule has 1 heterocycles. The van der Waals surface area contributed by atoms with Gasteiger partial charge in [-0.25, -0.2) is 0 Å². The van der Waals surface area contributed by atoms with E-state index >= 15 is 0 Å². The molecule has 16 heavy (non-hydrogen) atoms. The van der Waals surface area contributed by atoms with Crippen LogP contribution in [0.2, 0.25) is 0 Å². The lowest BCUT2D eigenvalue weighted by molar-refractivity contribution is 1.07. The molecule has 0 atom stereocenters. The van der Waals surface area contributed by atoms with Crippen molar-refractivity contribution in [3.05, 3.63) is 48.3 Å². The first-order valence-corrected chi connectivity index (χ1v) is 5.39. The molecule has 84 valence electrons. The summed E-state index contributed by atoms with van der Waals surface area (Å²) in [7, 11) is 4.09. The summed E-state index contributed by atoms with van der Waals surface area (Å²) in [6.07, 6.45) is 1.94. The maximum Gasteiger partial charge on any atom is 0.0551 e. The number of aromatic amines is 1. The highest BCUT2D eigenvalue weighted by atomic mass is 15.1. The topological polar surface area (TPSA) is 31.1 Å². The number of aromatic nitrogens is 1. The summed E-state index contributed by atoms with van der Waals surface area (Å²) in [4.78, 5) is 5.27. The molecule has 0 radical (unpaired) electrons. The van der Waals surface area contributed by atoms with E-state index in [0.29, 0.717) is 0 Å². The number of H-pyrrole nitrogens is 1. The van der Waals surface area contributed by atoms with E-state index < -0.39 is 0 Å². The lowest BCUT2D eigenvalue weighted by Crippen LogP contribution is -2.09. The van der Waals surface area contributed by atoms with Crippen LogP contribution in [-0.2, 0) is 6.54 Å². The largest absolute Gasteiger partial charge is 0.379 e. The smallest absolute Gasteiger partial charge is 0.0551 e. The van der Waals surface area contributed by atoms with Crippen molar-refractivity contribution < 1.29 is 0 Å². The molecule has 0 saturated carbocycles. The van der Waals surface area contributed by atoms with Crippen LogP contribution >= 0.6 is 0 Å². The molecule has 2 aromatic rings. The van der Waals surface area contributed by atoms with E-state index in [1.807, 2.05) is 26.4 Å². The molecule has 2 N–H and O–H groups in total. The Hall–Kier alpha value is -1.90. The monoisotopic (exact) mass is 215 g/mol. The minimum absolute atomic E-state index is 0.823. The quantitative estimate of drug-likeness (QED) is 0.821. The first-order valence-electron chi connectivity index (χ1n) is 5.39. The van der Waals surface area contributed by atoms with Crippen molar-refractivity contribution in [2.24, 2.45) is 0 Å². The van der Waals surface area contributed by atoms with E-state index in [4.69, 9.17) is 0 Å². The Morgan fingerprint density at radius 1 is 1.19 bits per heavy atom. The van der Waals surface area contributed by atoms with Crippen LogP contribution < -0.4 is 10.2 Å². The zero-order valence-electron chi connectivity index (χ0n) is 9.70. The standard InChI is InChI=1S/C13H17N3/c1-16(2)13-7-3-5-11(9-13)15-10-12-6-4-8-14-12/h3-9,14-15H,10H2,1-2H3. The Labute approximate surface area is 96.1 Å². The molecule has 1 aromatic carbocycles. The van der Waals surface area contributed by atoms with Crippen molar-refractivity contribution in [2.75, 3.05) is 24.3 Å². The highest BCUT2D eigenvalue weighted by molar-refractivity contribution is 5.57. The fourth-order valence-corrected chi connectivity index (χ4v) is 1.57. The molecular weight excluding hydrogens is 198 g/mol. The van der Waals surface area contributed by atoms with Crippen molar-refractivity contribution in [2.45, 2.75) is 6.54 Å². The Morgan fingerprint density at radius 2 is 2.06 bits per heavy atom. The third-order valence-corrected chi connectivity index (χ3v) is 2.51. The van der Waals surface area contributed by atoms with Crippen LogP contribution in [0.5, 0.6) is 0 Å². The van der Waals surface area contributed by atoms with Crippen LogP contribution in [-0.4, -0.2) is 19.1 Å². The summed E-state index contributed by atoms with van der Waals surface area (Å²) in [5.41, 5.74) is 3.53. The van der Waals surface area contributed by atoms with Gasteiger partial charge >= 0.3 is 0 Å². The number of nitrogens with zero attached hydrogens (tertiary/aromatic N) is 1. The first-order chi connectivity index (χ1) is 7.75. The molecule has 0 aliphatic heterocycles. The molecule has 0 spiro atoms.